The van der Waals surface area contributed by atoms with E-state index in [1.807, 2.05) is 0 Å². The number of halogens is 3. The van der Waals surface area contributed by atoms with Gasteiger partial charge < -0.3 is 4.57 Å². The second-order valence-electron chi connectivity index (χ2n) is 6.47. The number of rotatable bonds is 2. The van der Waals surface area contributed by atoms with Crippen molar-refractivity contribution in [3.8, 4) is 0 Å². The minimum Gasteiger partial charge on any atom is -0.325 e. The van der Waals surface area contributed by atoms with Crippen LogP contribution >= 0.6 is 0 Å². The maximum Gasteiger partial charge on any atom is 0.416 e. The molecule has 3 rings (SSSR count). The van der Waals surface area contributed by atoms with Crippen molar-refractivity contribution in [3.05, 3.63) is 29.6 Å². The summed E-state index contributed by atoms with van der Waals surface area (Å²) in [6, 6.07) is 4.10. The third-order valence-corrected chi connectivity index (χ3v) is 4.53. The Hall–Kier alpha value is -1.52. The molecule has 0 atom stereocenters. The number of hydrogen-bond donors (Lipinski definition) is 0. The molecular formula is C17H21F3N2. The van der Waals surface area contributed by atoms with Crippen molar-refractivity contribution in [1.82, 2.24) is 9.55 Å². The quantitative estimate of drug-likeness (QED) is 0.697. The van der Waals surface area contributed by atoms with E-state index in [4.69, 9.17) is 0 Å². The van der Waals surface area contributed by atoms with Gasteiger partial charge in [0, 0.05) is 12.0 Å². The van der Waals surface area contributed by atoms with Crippen LogP contribution in [0.5, 0.6) is 0 Å². The van der Waals surface area contributed by atoms with E-state index in [1.54, 1.807) is 6.07 Å². The van der Waals surface area contributed by atoms with Crippen LogP contribution in [0, 0.1) is 0 Å². The Morgan fingerprint density at radius 1 is 1.14 bits per heavy atom. The molecule has 0 radical (unpaired) electrons. The maximum atomic E-state index is 12.9. The summed E-state index contributed by atoms with van der Waals surface area (Å²) in [5.74, 6) is 1.34. The first-order chi connectivity index (χ1) is 10.4. The average Bonchev–Trinajstić information content (AvgIpc) is 2.85. The highest BCUT2D eigenvalue weighted by atomic mass is 19.4. The van der Waals surface area contributed by atoms with E-state index in [0.717, 1.165) is 30.2 Å². The molecule has 2 aromatic rings. The zero-order valence-electron chi connectivity index (χ0n) is 13.0. The Kier molecular flexibility index (Phi) is 3.91. The molecule has 0 N–H and O–H groups in total. The fourth-order valence-corrected chi connectivity index (χ4v) is 3.49. The van der Waals surface area contributed by atoms with Crippen LogP contribution in [-0.2, 0) is 6.18 Å². The molecule has 0 amide bonds. The summed E-state index contributed by atoms with van der Waals surface area (Å²) < 4.78 is 40.8. The summed E-state index contributed by atoms with van der Waals surface area (Å²) >= 11 is 0. The van der Waals surface area contributed by atoms with Gasteiger partial charge in [-0.15, -0.1) is 0 Å². The zero-order chi connectivity index (χ0) is 15.9. The minimum atomic E-state index is -4.32. The molecule has 1 fully saturated rings. The van der Waals surface area contributed by atoms with Crippen molar-refractivity contribution in [2.75, 3.05) is 0 Å². The van der Waals surface area contributed by atoms with Crippen LogP contribution in [0.4, 0.5) is 13.2 Å². The van der Waals surface area contributed by atoms with E-state index in [0.29, 0.717) is 11.4 Å². The lowest BCUT2D eigenvalue weighted by Crippen LogP contribution is -2.13. The van der Waals surface area contributed by atoms with Crippen LogP contribution in [0.25, 0.3) is 11.0 Å². The molecule has 1 aromatic heterocycles. The molecule has 2 nitrogen and oxygen atoms in total. The predicted octanol–water partition coefficient (Wildman–Crippen LogP) is 5.68. The highest BCUT2D eigenvalue weighted by molar-refractivity contribution is 5.77. The smallest absolute Gasteiger partial charge is 0.325 e. The van der Waals surface area contributed by atoms with Crippen molar-refractivity contribution in [2.45, 2.75) is 64.1 Å². The molecule has 22 heavy (non-hydrogen) atoms. The molecule has 0 aliphatic heterocycles. The summed E-state index contributed by atoms with van der Waals surface area (Å²) in [6.07, 6.45) is 1.46. The highest BCUT2D eigenvalue weighted by Gasteiger charge is 2.31. The van der Waals surface area contributed by atoms with Crippen molar-refractivity contribution in [1.29, 1.82) is 0 Å². The molecule has 120 valence electrons. The predicted molar refractivity (Wildman–Crippen MR) is 80.9 cm³/mol. The second kappa shape index (κ2) is 5.60. The molecule has 0 bridgehead atoms. The lowest BCUT2D eigenvalue weighted by molar-refractivity contribution is -0.137. The first kappa shape index (κ1) is 15.4. The Balaban J connectivity index is 2.12. The van der Waals surface area contributed by atoms with Crippen LogP contribution in [-0.4, -0.2) is 9.55 Å². The van der Waals surface area contributed by atoms with Gasteiger partial charge in [-0.05, 0) is 44.9 Å². The third kappa shape index (κ3) is 2.73. The SMILES string of the molecule is CC(C)n1c(C2CCCCC2)nc2cc(C(F)(F)F)ccc21. The molecule has 1 saturated carbocycles. The van der Waals surface area contributed by atoms with Crippen LogP contribution in [0.3, 0.4) is 0 Å². The van der Waals surface area contributed by atoms with Crippen LogP contribution in [0.1, 0.15) is 69.3 Å². The lowest BCUT2D eigenvalue weighted by Gasteiger charge is -2.23. The van der Waals surface area contributed by atoms with E-state index >= 15 is 0 Å². The van der Waals surface area contributed by atoms with Gasteiger partial charge in [0.1, 0.15) is 5.82 Å². The summed E-state index contributed by atoms with van der Waals surface area (Å²) in [5, 5.41) is 0. The Morgan fingerprint density at radius 3 is 2.41 bits per heavy atom. The van der Waals surface area contributed by atoms with Gasteiger partial charge in [0.2, 0.25) is 0 Å². The van der Waals surface area contributed by atoms with Crippen LogP contribution < -0.4 is 0 Å². The molecule has 1 aromatic carbocycles. The van der Waals surface area contributed by atoms with Gasteiger partial charge in [0.15, 0.2) is 0 Å². The van der Waals surface area contributed by atoms with Crippen LogP contribution in [0.15, 0.2) is 18.2 Å². The Labute approximate surface area is 128 Å². The minimum absolute atomic E-state index is 0.193. The number of fused-ring (bicyclic) bond motifs is 1. The summed E-state index contributed by atoms with van der Waals surface area (Å²) in [4.78, 5) is 4.59. The van der Waals surface area contributed by atoms with Crippen molar-refractivity contribution in [2.24, 2.45) is 0 Å². The fraction of sp³-hybridized carbons (Fsp3) is 0.588. The maximum absolute atomic E-state index is 12.9. The first-order valence-electron chi connectivity index (χ1n) is 7.97. The van der Waals surface area contributed by atoms with Gasteiger partial charge in [-0.3, -0.25) is 0 Å². The zero-order valence-corrected chi connectivity index (χ0v) is 13.0. The molecule has 1 heterocycles. The summed E-state index contributed by atoms with van der Waals surface area (Å²) in [5.41, 5.74) is 0.649. The van der Waals surface area contributed by atoms with Crippen molar-refractivity contribution < 1.29 is 13.2 Å². The highest BCUT2D eigenvalue weighted by Crippen LogP contribution is 2.37. The van der Waals surface area contributed by atoms with Gasteiger partial charge in [0.05, 0.1) is 16.6 Å². The fourth-order valence-electron chi connectivity index (χ4n) is 3.49. The number of alkyl halides is 3. The number of nitrogens with zero attached hydrogens (tertiary/aromatic N) is 2. The van der Waals surface area contributed by atoms with Crippen molar-refractivity contribution >= 4 is 11.0 Å². The van der Waals surface area contributed by atoms with E-state index in [1.165, 1.54) is 25.3 Å². The third-order valence-electron chi connectivity index (χ3n) is 4.53. The van der Waals surface area contributed by atoms with Gasteiger partial charge in [-0.2, -0.15) is 13.2 Å². The van der Waals surface area contributed by atoms with E-state index in [2.05, 4.69) is 23.4 Å². The summed E-state index contributed by atoms with van der Waals surface area (Å²) in [6.45, 7) is 4.12. The Bertz CT molecular complexity index is 664. The standard InChI is InChI=1S/C17H21F3N2/c1-11(2)22-15-9-8-13(17(18,19)20)10-14(15)21-16(22)12-6-4-3-5-7-12/h8-12H,3-7H2,1-2H3. The van der Waals surface area contributed by atoms with Crippen LogP contribution in [0.2, 0.25) is 0 Å². The molecule has 0 saturated heterocycles. The van der Waals surface area contributed by atoms with Gasteiger partial charge >= 0.3 is 6.18 Å². The lowest BCUT2D eigenvalue weighted by atomic mass is 9.88. The molecule has 0 unspecified atom stereocenters. The molecule has 5 heteroatoms. The van der Waals surface area contributed by atoms with Gasteiger partial charge in [0.25, 0.3) is 0 Å². The van der Waals surface area contributed by atoms with Gasteiger partial charge in [-0.1, -0.05) is 19.3 Å². The van der Waals surface area contributed by atoms with E-state index in [9.17, 15) is 13.2 Å². The van der Waals surface area contributed by atoms with Crippen molar-refractivity contribution in [3.63, 3.8) is 0 Å². The Morgan fingerprint density at radius 2 is 1.82 bits per heavy atom. The summed E-state index contributed by atoms with van der Waals surface area (Å²) in [7, 11) is 0. The van der Waals surface area contributed by atoms with E-state index < -0.39 is 11.7 Å². The number of aromatic nitrogens is 2. The largest absolute Gasteiger partial charge is 0.416 e. The number of benzene rings is 1. The van der Waals surface area contributed by atoms with Gasteiger partial charge in [-0.25, -0.2) is 4.98 Å². The first-order valence-corrected chi connectivity index (χ1v) is 7.97. The number of hydrogen-bond acceptors (Lipinski definition) is 1. The normalized spacial score (nSPS) is 17.5. The molecule has 1 aliphatic carbocycles. The monoisotopic (exact) mass is 310 g/mol. The second-order valence-corrected chi connectivity index (χ2v) is 6.47. The average molecular weight is 310 g/mol. The number of imidazole rings is 1. The van der Waals surface area contributed by atoms with E-state index in [-0.39, 0.29) is 6.04 Å². The molecule has 1 aliphatic rings. The molecule has 0 spiro atoms. The topological polar surface area (TPSA) is 17.8 Å². The molecular weight excluding hydrogens is 289 g/mol.